The van der Waals surface area contributed by atoms with Gasteiger partial charge in [-0.1, -0.05) is 24.6 Å². The molecule has 2 atom stereocenters. The van der Waals surface area contributed by atoms with Gasteiger partial charge in [-0.25, -0.2) is 0 Å². The van der Waals surface area contributed by atoms with Crippen LogP contribution >= 0.6 is 0 Å². The second-order valence-corrected chi connectivity index (χ2v) is 4.46. The van der Waals surface area contributed by atoms with Crippen molar-refractivity contribution in [1.82, 2.24) is 0 Å². The highest BCUT2D eigenvalue weighted by atomic mass is 16.5. The van der Waals surface area contributed by atoms with Gasteiger partial charge in [0.05, 0.1) is 13.2 Å². The van der Waals surface area contributed by atoms with Crippen molar-refractivity contribution < 1.29 is 9.47 Å². The SMILES string of the molecule is COc1ccccc1[C@H]1CCCC(OC)C1. The summed E-state index contributed by atoms with van der Waals surface area (Å²) in [5.74, 6) is 1.61. The third kappa shape index (κ3) is 2.38. The average molecular weight is 220 g/mol. The maximum atomic E-state index is 5.48. The maximum Gasteiger partial charge on any atom is 0.122 e. The molecule has 2 rings (SSSR count). The van der Waals surface area contributed by atoms with Crippen LogP contribution in [-0.2, 0) is 4.74 Å². The third-order valence-corrected chi connectivity index (χ3v) is 3.54. The van der Waals surface area contributed by atoms with E-state index in [4.69, 9.17) is 9.47 Å². The Morgan fingerprint density at radius 2 is 1.94 bits per heavy atom. The summed E-state index contributed by atoms with van der Waals surface area (Å²) in [5.41, 5.74) is 1.34. The fourth-order valence-electron chi connectivity index (χ4n) is 2.65. The number of para-hydroxylation sites is 1. The van der Waals surface area contributed by atoms with Crippen LogP contribution in [0.1, 0.15) is 37.2 Å². The lowest BCUT2D eigenvalue weighted by molar-refractivity contribution is 0.0632. The molecule has 0 amide bonds. The number of benzene rings is 1. The standard InChI is InChI=1S/C14H20O2/c1-15-12-7-5-6-11(10-12)13-8-3-4-9-14(13)16-2/h3-4,8-9,11-12H,5-7,10H2,1-2H3/t11-,12?/m0/s1. The summed E-state index contributed by atoms with van der Waals surface area (Å²) in [6, 6.07) is 8.35. The van der Waals surface area contributed by atoms with E-state index in [1.54, 1.807) is 7.11 Å². The van der Waals surface area contributed by atoms with E-state index in [-0.39, 0.29) is 0 Å². The van der Waals surface area contributed by atoms with E-state index >= 15 is 0 Å². The minimum Gasteiger partial charge on any atom is -0.496 e. The first-order chi connectivity index (χ1) is 7.85. The van der Waals surface area contributed by atoms with Crippen LogP contribution in [0.2, 0.25) is 0 Å². The molecule has 88 valence electrons. The highest BCUT2D eigenvalue weighted by Crippen LogP contribution is 2.37. The van der Waals surface area contributed by atoms with Gasteiger partial charge in [-0.15, -0.1) is 0 Å². The van der Waals surface area contributed by atoms with Gasteiger partial charge < -0.3 is 9.47 Å². The summed E-state index contributed by atoms with van der Waals surface area (Å²) in [5, 5.41) is 0. The molecule has 1 unspecified atom stereocenters. The van der Waals surface area contributed by atoms with E-state index < -0.39 is 0 Å². The summed E-state index contributed by atoms with van der Waals surface area (Å²) < 4.78 is 10.9. The fourth-order valence-corrected chi connectivity index (χ4v) is 2.65. The predicted molar refractivity (Wildman–Crippen MR) is 65.0 cm³/mol. The van der Waals surface area contributed by atoms with Crippen molar-refractivity contribution in [1.29, 1.82) is 0 Å². The molecule has 1 saturated carbocycles. The molecular weight excluding hydrogens is 200 g/mol. The van der Waals surface area contributed by atoms with Gasteiger partial charge in [0.2, 0.25) is 0 Å². The van der Waals surface area contributed by atoms with Crippen molar-refractivity contribution >= 4 is 0 Å². The van der Waals surface area contributed by atoms with Crippen LogP contribution in [0.3, 0.4) is 0 Å². The molecule has 0 spiro atoms. The number of hydrogen-bond acceptors (Lipinski definition) is 2. The normalized spacial score (nSPS) is 25.4. The van der Waals surface area contributed by atoms with Crippen LogP contribution in [-0.4, -0.2) is 20.3 Å². The number of ether oxygens (including phenoxy) is 2. The third-order valence-electron chi connectivity index (χ3n) is 3.54. The van der Waals surface area contributed by atoms with Crippen molar-refractivity contribution in [3.63, 3.8) is 0 Å². The molecule has 0 saturated heterocycles. The van der Waals surface area contributed by atoms with Gasteiger partial charge in [0.25, 0.3) is 0 Å². The Hall–Kier alpha value is -1.02. The van der Waals surface area contributed by atoms with Crippen molar-refractivity contribution in [2.24, 2.45) is 0 Å². The van der Waals surface area contributed by atoms with Crippen LogP contribution in [0.5, 0.6) is 5.75 Å². The first kappa shape index (κ1) is 11.5. The molecule has 1 aromatic carbocycles. The van der Waals surface area contributed by atoms with Crippen LogP contribution in [0.15, 0.2) is 24.3 Å². The van der Waals surface area contributed by atoms with Gasteiger partial charge in [0.1, 0.15) is 5.75 Å². The molecule has 1 aliphatic rings. The second-order valence-electron chi connectivity index (χ2n) is 4.46. The molecule has 1 fully saturated rings. The van der Waals surface area contributed by atoms with E-state index in [0.29, 0.717) is 12.0 Å². The molecule has 2 nitrogen and oxygen atoms in total. The zero-order chi connectivity index (χ0) is 11.4. The summed E-state index contributed by atoms with van der Waals surface area (Å²) in [4.78, 5) is 0. The molecule has 0 bridgehead atoms. The molecule has 1 aliphatic carbocycles. The van der Waals surface area contributed by atoms with Gasteiger partial charge in [-0.05, 0) is 36.8 Å². The van der Waals surface area contributed by atoms with E-state index in [1.165, 1.54) is 24.8 Å². The van der Waals surface area contributed by atoms with Gasteiger partial charge in [-0.2, -0.15) is 0 Å². The van der Waals surface area contributed by atoms with Crippen LogP contribution in [0, 0.1) is 0 Å². The van der Waals surface area contributed by atoms with E-state index in [2.05, 4.69) is 12.1 Å². The molecule has 16 heavy (non-hydrogen) atoms. The van der Waals surface area contributed by atoms with Gasteiger partial charge in [0, 0.05) is 7.11 Å². The average Bonchev–Trinajstić information content (AvgIpc) is 2.38. The van der Waals surface area contributed by atoms with E-state index in [0.717, 1.165) is 12.2 Å². The minimum atomic E-state index is 0.420. The Morgan fingerprint density at radius 1 is 1.12 bits per heavy atom. The highest BCUT2D eigenvalue weighted by Gasteiger charge is 2.24. The van der Waals surface area contributed by atoms with Crippen LogP contribution in [0.25, 0.3) is 0 Å². The molecular formula is C14H20O2. The topological polar surface area (TPSA) is 18.5 Å². The van der Waals surface area contributed by atoms with Gasteiger partial charge in [0.15, 0.2) is 0 Å². The lowest BCUT2D eigenvalue weighted by Crippen LogP contribution is -2.20. The Balaban J connectivity index is 2.16. The minimum absolute atomic E-state index is 0.420. The largest absolute Gasteiger partial charge is 0.496 e. The smallest absolute Gasteiger partial charge is 0.122 e. The zero-order valence-electron chi connectivity index (χ0n) is 10.1. The fraction of sp³-hybridized carbons (Fsp3) is 0.571. The lowest BCUT2D eigenvalue weighted by atomic mass is 9.82. The van der Waals surface area contributed by atoms with Crippen molar-refractivity contribution in [3.8, 4) is 5.75 Å². The van der Waals surface area contributed by atoms with Crippen molar-refractivity contribution in [3.05, 3.63) is 29.8 Å². The Kier molecular flexibility index (Phi) is 3.83. The Labute approximate surface area is 97.6 Å². The molecule has 0 heterocycles. The molecule has 0 aromatic heterocycles. The highest BCUT2D eigenvalue weighted by molar-refractivity contribution is 5.36. The molecule has 0 aliphatic heterocycles. The first-order valence-corrected chi connectivity index (χ1v) is 6.01. The van der Waals surface area contributed by atoms with Crippen LogP contribution in [0.4, 0.5) is 0 Å². The van der Waals surface area contributed by atoms with E-state index in [9.17, 15) is 0 Å². The number of hydrogen-bond donors (Lipinski definition) is 0. The monoisotopic (exact) mass is 220 g/mol. The second kappa shape index (κ2) is 5.35. The molecule has 0 radical (unpaired) electrons. The number of rotatable bonds is 3. The van der Waals surface area contributed by atoms with Gasteiger partial charge in [-0.3, -0.25) is 0 Å². The van der Waals surface area contributed by atoms with Crippen molar-refractivity contribution in [2.75, 3.05) is 14.2 Å². The van der Waals surface area contributed by atoms with E-state index in [1.807, 2.05) is 19.2 Å². The zero-order valence-corrected chi connectivity index (χ0v) is 10.1. The Bertz CT molecular complexity index is 335. The maximum absolute atomic E-state index is 5.48. The first-order valence-electron chi connectivity index (χ1n) is 6.01. The quantitative estimate of drug-likeness (QED) is 0.777. The summed E-state index contributed by atoms with van der Waals surface area (Å²) in [6.07, 6.45) is 5.24. The van der Waals surface area contributed by atoms with Crippen molar-refractivity contribution in [2.45, 2.75) is 37.7 Å². The van der Waals surface area contributed by atoms with Crippen LogP contribution < -0.4 is 4.74 Å². The Morgan fingerprint density at radius 3 is 2.69 bits per heavy atom. The molecule has 0 N–H and O–H groups in total. The molecule has 2 heteroatoms. The van der Waals surface area contributed by atoms with Gasteiger partial charge >= 0.3 is 0 Å². The lowest BCUT2D eigenvalue weighted by Gasteiger charge is -2.29. The molecule has 1 aromatic rings. The number of methoxy groups -OCH3 is 2. The predicted octanol–water partition coefficient (Wildman–Crippen LogP) is 3.37. The summed E-state index contributed by atoms with van der Waals surface area (Å²) in [6.45, 7) is 0. The summed E-state index contributed by atoms with van der Waals surface area (Å²) in [7, 11) is 3.56. The summed E-state index contributed by atoms with van der Waals surface area (Å²) >= 11 is 0.